The van der Waals surface area contributed by atoms with E-state index in [2.05, 4.69) is 25.5 Å². The summed E-state index contributed by atoms with van der Waals surface area (Å²) in [5.41, 5.74) is 14.6. The van der Waals surface area contributed by atoms with Crippen molar-refractivity contribution in [2.24, 2.45) is 21.6 Å². The van der Waals surface area contributed by atoms with E-state index in [9.17, 15) is 0 Å². The third-order valence-corrected chi connectivity index (χ3v) is 2.39. The molecule has 0 saturated carbocycles. The quantitative estimate of drug-likeness (QED) is 0.356. The highest BCUT2D eigenvalue weighted by atomic mass is 16.7. The van der Waals surface area contributed by atoms with Crippen molar-refractivity contribution in [1.82, 2.24) is 20.6 Å². The number of guanidine groups is 2. The molecule has 11 nitrogen and oxygen atoms in total. The third-order valence-electron chi connectivity index (χ3n) is 2.39. The molecule has 1 aromatic heterocycles. The first-order valence-corrected chi connectivity index (χ1v) is 6.80. The standard InChI is InChI=1S/C12H23N9O2/c1-6-23-19-10(13)18-21(22-5)11(14)17-12-15-8(2)7-9(16-12)20(3)4/h7H,6H2,1-5H3,(H3,13,18,19)(H2,14,15,16,17). The number of hydrazone groups is 1. The molecule has 0 bridgehead atoms. The molecule has 0 atom stereocenters. The van der Waals surface area contributed by atoms with Crippen LogP contribution in [0.4, 0.5) is 11.8 Å². The predicted octanol–water partition coefficient (Wildman–Crippen LogP) is -0.569. The topological polar surface area (TPSA) is 140 Å². The average Bonchev–Trinajstić information content (AvgIpc) is 2.49. The Hall–Kier alpha value is -2.66. The number of hydrogen-bond acceptors (Lipinski definition) is 7. The smallest absolute Gasteiger partial charge is 0.254 e. The van der Waals surface area contributed by atoms with Crippen LogP contribution in [0.5, 0.6) is 0 Å². The molecular weight excluding hydrogens is 302 g/mol. The van der Waals surface area contributed by atoms with Gasteiger partial charge in [-0.2, -0.15) is 9.98 Å². The first kappa shape index (κ1) is 18.4. The fraction of sp³-hybridized carbons (Fsp3) is 0.500. The largest absolute Gasteiger partial charge is 0.367 e. The molecular formula is C12H23N9O2. The molecule has 1 aromatic rings. The second-order valence-corrected chi connectivity index (χ2v) is 4.51. The highest BCUT2D eigenvalue weighted by Gasteiger charge is 2.10. The Kier molecular flexibility index (Phi) is 6.96. The van der Waals surface area contributed by atoms with Gasteiger partial charge in [-0.05, 0) is 13.8 Å². The lowest BCUT2D eigenvalue weighted by Gasteiger charge is -2.15. The summed E-state index contributed by atoms with van der Waals surface area (Å²) < 4.78 is 0. The summed E-state index contributed by atoms with van der Waals surface area (Å²) in [4.78, 5) is 24.3. The number of aryl methyl sites for hydroxylation is 1. The van der Waals surface area contributed by atoms with Gasteiger partial charge in [0, 0.05) is 25.9 Å². The fourth-order valence-corrected chi connectivity index (χ4v) is 1.41. The molecule has 1 rings (SSSR count). The second kappa shape index (κ2) is 8.70. The van der Waals surface area contributed by atoms with E-state index in [1.54, 1.807) is 6.92 Å². The summed E-state index contributed by atoms with van der Waals surface area (Å²) >= 11 is 0. The molecule has 0 unspecified atom stereocenters. The molecule has 0 saturated heterocycles. The molecule has 0 aromatic carbocycles. The Balaban J connectivity index is 3.00. The lowest BCUT2D eigenvalue weighted by molar-refractivity contribution is -0.0661. The Morgan fingerprint density at radius 1 is 1.35 bits per heavy atom. The van der Waals surface area contributed by atoms with Crippen molar-refractivity contribution in [3.05, 3.63) is 11.8 Å². The number of nitrogens with two attached hydrogens (primary N) is 2. The van der Waals surface area contributed by atoms with E-state index in [4.69, 9.17) is 21.1 Å². The van der Waals surface area contributed by atoms with Gasteiger partial charge in [0.15, 0.2) is 0 Å². The summed E-state index contributed by atoms with van der Waals surface area (Å²) in [6.45, 7) is 4.04. The first-order valence-electron chi connectivity index (χ1n) is 6.80. The van der Waals surface area contributed by atoms with Crippen LogP contribution < -0.4 is 21.8 Å². The van der Waals surface area contributed by atoms with Gasteiger partial charge in [-0.1, -0.05) is 5.17 Å². The normalized spacial score (nSPS) is 12.2. The minimum absolute atomic E-state index is 0.0500. The number of nitrogens with zero attached hydrogens (tertiary/aromatic N) is 6. The first-order chi connectivity index (χ1) is 10.9. The molecule has 0 aliphatic rings. The monoisotopic (exact) mass is 325 g/mol. The van der Waals surface area contributed by atoms with Crippen LogP contribution in [0.2, 0.25) is 0 Å². The molecule has 5 N–H and O–H groups in total. The zero-order valence-electron chi connectivity index (χ0n) is 13.9. The molecule has 0 aliphatic carbocycles. The molecule has 128 valence electrons. The molecule has 0 fully saturated rings. The van der Waals surface area contributed by atoms with Gasteiger partial charge in [-0.15, -0.1) is 5.10 Å². The van der Waals surface area contributed by atoms with Gasteiger partial charge < -0.3 is 16.4 Å². The van der Waals surface area contributed by atoms with Crippen molar-refractivity contribution in [2.75, 3.05) is 32.7 Å². The van der Waals surface area contributed by atoms with E-state index < -0.39 is 0 Å². The summed E-state index contributed by atoms with van der Waals surface area (Å²) in [6, 6.07) is 1.82. The highest BCUT2D eigenvalue weighted by molar-refractivity contribution is 5.82. The van der Waals surface area contributed by atoms with Crippen molar-refractivity contribution in [2.45, 2.75) is 13.8 Å². The number of aromatic nitrogens is 2. The van der Waals surface area contributed by atoms with Crippen molar-refractivity contribution in [3.63, 3.8) is 0 Å². The van der Waals surface area contributed by atoms with E-state index in [1.807, 2.05) is 32.0 Å². The molecule has 1 heterocycles. The van der Waals surface area contributed by atoms with Crippen LogP contribution in [0.1, 0.15) is 12.6 Å². The van der Waals surface area contributed by atoms with E-state index >= 15 is 0 Å². The zero-order chi connectivity index (χ0) is 17.4. The van der Waals surface area contributed by atoms with Gasteiger partial charge >= 0.3 is 0 Å². The van der Waals surface area contributed by atoms with Crippen LogP contribution in [0.25, 0.3) is 0 Å². The maximum atomic E-state index is 5.84. The molecule has 0 spiro atoms. The van der Waals surface area contributed by atoms with Gasteiger partial charge in [-0.25, -0.2) is 10.5 Å². The Bertz CT molecular complexity index is 574. The van der Waals surface area contributed by atoms with Gasteiger partial charge in [0.2, 0.25) is 11.9 Å². The van der Waals surface area contributed by atoms with Crippen molar-refractivity contribution < 1.29 is 9.68 Å². The summed E-state index contributed by atoms with van der Waals surface area (Å²) in [5, 5.41) is 4.78. The van der Waals surface area contributed by atoms with E-state index in [0.717, 1.165) is 10.9 Å². The number of anilines is 1. The number of aliphatic imine (C=N–C) groups is 1. The highest BCUT2D eigenvalue weighted by Crippen LogP contribution is 2.14. The Labute approximate surface area is 134 Å². The number of hydrogen-bond donors (Lipinski definition) is 3. The van der Waals surface area contributed by atoms with Crippen molar-refractivity contribution >= 4 is 23.7 Å². The second-order valence-electron chi connectivity index (χ2n) is 4.51. The molecule has 0 radical (unpaired) electrons. The van der Waals surface area contributed by atoms with E-state index in [-0.39, 0.29) is 17.9 Å². The summed E-state index contributed by atoms with van der Waals surface area (Å²) in [7, 11) is 5.09. The molecule has 0 aliphatic heterocycles. The van der Waals surface area contributed by atoms with Crippen molar-refractivity contribution in [1.29, 1.82) is 0 Å². The Morgan fingerprint density at radius 3 is 2.61 bits per heavy atom. The minimum atomic E-state index is -0.0935. The van der Waals surface area contributed by atoms with Gasteiger partial charge in [-0.3, -0.25) is 9.68 Å². The average molecular weight is 325 g/mol. The van der Waals surface area contributed by atoms with Crippen LogP contribution in [-0.4, -0.2) is 54.9 Å². The number of hydroxylamine groups is 2. The zero-order valence-corrected chi connectivity index (χ0v) is 13.9. The third kappa shape index (κ3) is 5.92. The van der Waals surface area contributed by atoms with Gasteiger partial charge in [0.25, 0.3) is 5.95 Å². The molecule has 11 heteroatoms. The van der Waals surface area contributed by atoms with Crippen LogP contribution in [0.3, 0.4) is 0 Å². The minimum Gasteiger partial charge on any atom is -0.367 e. The van der Waals surface area contributed by atoms with E-state index in [0.29, 0.717) is 12.4 Å². The summed E-state index contributed by atoms with van der Waals surface area (Å²) in [5.74, 6) is 0.740. The number of nitrogens with one attached hydrogen (secondary N) is 1. The maximum absolute atomic E-state index is 5.84. The predicted molar refractivity (Wildman–Crippen MR) is 87.6 cm³/mol. The van der Waals surface area contributed by atoms with Crippen LogP contribution in [-0.2, 0) is 9.68 Å². The number of rotatable bonds is 6. The summed E-state index contributed by atoms with van der Waals surface area (Å²) in [6.07, 6.45) is 0. The van der Waals surface area contributed by atoms with Crippen LogP contribution >= 0.6 is 0 Å². The SMILES string of the molecule is CCONC(N)=NN(OC)C(N)=Nc1nc(C)cc(N(C)C)n1. The lowest BCUT2D eigenvalue weighted by Crippen LogP contribution is -2.39. The van der Waals surface area contributed by atoms with Crippen LogP contribution in [0.15, 0.2) is 16.2 Å². The lowest BCUT2D eigenvalue weighted by atomic mass is 10.4. The van der Waals surface area contributed by atoms with Crippen molar-refractivity contribution in [3.8, 4) is 0 Å². The van der Waals surface area contributed by atoms with Crippen LogP contribution in [0, 0.1) is 6.92 Å². The molecule has 0 amide bonds. The fourth-order valence-electron chi connectivity index (χ4n) is 1.41. The Morgan fingerprint density at radius 2 is 2.04 bits per heavy atom. The maximum Gasteiger partial charge on any atom is 0.254 e. The molecule has 23 heavy (non-hydrogen) atoms. The van der Waals surface area contributed by atoms with Gasteiger partial charge in [0.1, 0.15) is 5.82 Å². The van der Waals surface area contributed by atoms with Gasteiger partial charge in [0.05, 0.1) is 13.7 Å². The van der Waals surface area contributed by atoms with E-state index in [1.165, 1.54) is 7.11 Å².